The molecule has 0 spiro atoms. The molecule has 1 N–H and O–H groups in total. The summed E-state index contributed by atoms with van der Waals surface area (Å²) in [6.07, 6.45) is 2.88. The molecule has 19 heavy (non-hydrogen) atoms. The van der Waals surface area contributed by atoms with Crippen LogP contribution in [0.3, 0.4) is 0 Å². The molecule has 0 amide bonds. The van der Waals surface area contributed by atoms with Crippen LogP contribution in [-0.2, 0) is 22.3 Å². The summed E-state index contributed by atoms with van der Waals surface area (Å²) in [5, 5.41) is 3.50. The third kappa shape index (κ3) is 5.31. The summed E-state index contributed by atoms with van der Waals surface area (Å²) < 4.78 is 10.8. The zero-order valence-electron chi connectivity index (χ0n) is 12.6. The van der Waals surface area contributed by atoms with Crippen molar-refractivity contribution >= 4 is 0 Å². The van der Waals surface area contributed by atoms with E-state index in [1.807, 2.05) is 0 Å². The summed E-state index contributed by atoms with van der Waals surface area (Å²) in [6, 6.07) is 8.97. The first-order valence-corrected chi connectivity index (χ1v) is 7.11. The van der Waals surface area contributed by atoms with Crippen molar-refractivity contribution in [3.05, 3.63) is 35.4 Å². The predicted molar refractivity (Wildman–Crippen MR) is 79.4 cm³/mol. The molecular weight excluding hydrogens is 238 g/mol. The molecule has 1 atom stereocenters. The zero-order valence-corrected chi connectivity index (χ0v) is 12.6. The second-order valence-corrected chi connectivity index (χ2v) is 4.77. The third-order valence-corrected chi connectivity index (χ3v) is 3.34. The van der Waals surface area contributed by atoms with Crippen molar-refractivity contribution < 1.29 is 9.47 Å². The van der Waals surface area contributed by atoms with Gasteiger partial charge < -0.3 is 14.8 Å². The van der Waals surface area contributed by atoms with Gasteiger partial charge in [-0.1, -0.05) is 38.1 Å². The van der Waals surface area contributed by atoms with Crippen LogP contribution in [0.1, 0.15) is 31.4 Å². The molecule has 0 aliphatic carbocycles. The highest BCUT2D eigenvalue weighted by atomic mass is 16.7. The number of aryl methyl sites for hydroxylation is 1. The average Bonchev–Trinajstić information content (AvgIpc) is 2.46. The molecule has 0 aliphatic heterocycles. The van der Waals surface area contributed by atoms with Gasteiger partial charge >= 0.3 is 0 Å². The van der Waals surface area contributed by atoms with Crippen LogP contribution in [0.5, 0.6) is 0 Å². The van der Waals surface area contributed by atoms with Crippen molar-refractivity contribution in [2.24, 2.45) is 0 Å². The van der Waals surface area contributed by atoms with Crippen molar-refractivity contribution in [3.8, 4) is 0 Å². The van der Waals surface area contributed by atoms with Gasteiger partial charge in [0.15, 0.2) is 6.29 Å². The van der Waals surface area contributed by atoms with Crippen molar-refractivity contribution in [2.45, 2.75) is 45.4 Å². The van der Waals surface area contributed by atoms with Crippen molar-refractivity contribution in [2.75, 3.05) is 20.8 Å². The van der Waals surface area contributed by atoms with E-state index in [4.69, 9.17) is 9.47 Å². The van der Waals surface area contributed by atoms with Crippen LogP contribution in [0, 0.1) is 0 Å². The molecule has 108 valence electrons. The minimum Gasteiger partial charge on any atom is -0.354 e. The van der Waals surface area contributed by atoms with E-state index in [-0.39, 0.29) is 12.3 Å². The van der Waals surface area contributed by atoms with Gasteiger partial charge in [0.25, 0.3) is 0 Å². The SMILES string of the molecule is CCCNC(Cc1ccc(CC)cc1)C(OC)OC. The van der Waals surface area contributed by atoms with Crippen LogP contribution in [0.4, 0.5) is 0 Å². The van der Waals surface area contributed by atoms with Crippen LogP contribution < -0.4 is 5.32 Å². The maximum atomic E-state index is 5.39. The van der Waals surface area contributed by atoms with E-state index >= 15 is 0 Å². The average molecular weight is 265 g/mol. The molecule has 1 rings (SSSR count). The first-order chi connectivity index (χ1) is 9.24. The molecule has 0 fully saturated rings. The summed E-state index contributed by atoms with van der Waals surface area (Å²) in [6.45, 7) is 5.31. The standard InChI is InChI=1S/C16H27NO2/c1-5-11-17-15(16(18-3)19-4)12-14-9-7-13(6-2)8-10-14/h7-10,15-17H,5-6,11-12H2,1-4H3. The van der Waals surface area contributed by atoms with Gasteiger partial charge in [-0.15, -0.1) is 0 Å². The van der Waals surface area contributed by atoms with E-state index in [1.165, 1.54) is 11.1 Å². The first kappa shape index (κ1) is 16.2. The second kappa shape index (κ2) is 9.08. The molecule has 1 unspecified atom stereocenters. The quantitative estimate of drug-likeness (QED) is 0.696. The fourth-order valence-electron chi connectivity index (χ4n) is 2.18. The van der Waals surface area contributed by atoms with Crippen LogP contribution in [-0.4, -0.2) is 33.1 Å². The summed E-state index contributed by atoms with van der Waals surface area (Å²) in [4.78, 5) is 0. The second-order valence-electron chi connectivity index (χ2n) is 4.77. The Kier molecular flexibility index (Phi) is 7.72. The number of methoxy groups -OCH3 is 2. The van der Waals surface area contributed by atoms with E-state index < -0.39 is 0 Å². The summed E-state index contributed by atoms with van der Waals surface area (Å²) in [5.41, 5.74) is 2.68. The molecule has 0 saturated carbocycles. The van der Waals surface area contributed by atoms with E-state index in [1.54, 1.807) is 14.2 Å². The molecule has 0 aromatic heterocycles. The number of nitrogens with one attached hydrogen (secondary N) is 1. The number of ether oxygens (including phenoxy) is 2. The van der Waals surface area contributed by atoms with Gasteiger partial charge in [0, 0.05) is 14.2 Å². The minimum absolute atomic E-state index is 0.183. The van der Waals surface area contributed by atoms with Gasteiger partial charge in [0.1, 0.15) is 0 Å². The number of hydrogen-bond donors (Lipinski definition) is 1. The van der Waals surface area contributed by atoms with Crippen LogP contribution in [0.15, 0.2) is 24.3 Å². The van der Waals surface area contributed by atoms with Crippen molar-refractivity contribution in [3.63, 3.8) is 0 Å². The summed E-state index contributed by atoms with van der Waals surface area (Å²) >= 11 is 0. The van der Waals surface area contributed by atoms with Gasteiger partial charge in [-0.25, -0.2) is 0 Å². The highest BCUT2D eigenvalue weighted by molar-refractivity contribution is 5.23. The Hall–Kier alpha value is -0.900. The Labute approximate surface area is 117 Å². The highest BCUT2D eigenvalue weighted by Crippen LogP contribution is 2.11. The van der Waals surface area contributed by atoms with E-state index in [0.717, 1.165) is 25.8 Å². The summed E-state index contributed by atoms with van der Waals surface area (Å²) in [7, 11) is 3.38. The van der Waals surface area contributed by atoms with E-state index in [2.05, 4.69) is 43.4 Å². The van der Waals surface area contributed by atoms with Gasteiger partial charge in [-0.05, 0) is 36.9 Å². The lowest BCUT2D eigenvalue weighted by atomic mass is 10.0. The van der Waals surface area contributed by atoms with Crippen LogP contribution in [0.25, 0.3) is 0 Å². The molecule has 0 heterocycles. The minimum atomic E-state index is -0.211. The van der Waals surface area contributed by atoms with Crippen LogP contribution in [0.2, 0.25) is 0 Å². The lowest BCUT2D eigenvalue weighted by molar-refractivity contribution is -0.122. The lowest BCUT2D eigenvalue weighted by Crippen LogP contribution is -2.44. The molecule has 3 nitrogen and oxygen atoms in total. The fourth-order valence-corrected chi connectivity index (χ4v) is 2.18. The Morgan fingerprint density at radius 3 is 2.05 bits per heavy atom. The molecule has 0 aliphatic rings. The molecule has 0 bridgehead atoms. The maximum Gasteiger partial charge on any atom is 0.172 e. The highest BCUT2D eigenvalue weighted by Gasteiger charge is 2.20. The Morgan fingerprint density at radius 2 is 1.58 bits per heavy atom. The predicted octanol–water partition coefficient (Wildman–Crippen LogP) is 2.78. The Balaban J connectivity index is 2.68. The number of rotatable bonds is 9. The van der Waals surface area contributed by atoms with Gasteiger partial charge in [0.05, 0.1) is 6.04 Å². The topological polar surface area (TPSA) is 30.5 Å². The molecular formula is C16H27NO2. The Bertz CT molecular complexity index is 333. The van der Waals surface area contributed by atoms with Crippen molar-refractivity contribution in [1.82, 2.24) is 5.32 Å². The number of hydrogen-bond acceptors (Lipinski definition) is 3. The van der Waals surface area contributed by atoms with Crippen LogP contribution >= 0.6 is 0 Å². The largest absolute Gasteiger partial charge is 0.354 e. The van der Waals surface area contributed by atoms with Gasteiger partial charge in [0.2, 0.25) is 0 Å². The zero-order chi connectivity index (χ0) is 14.1. The van der Waals surface area contributed by atoms with Gasteiger partial charge in [-0.3, -0.25) is 0 Å². The molecule has 1 aromatic rings. The normalized spacial score (nSPS) is 12.9. The maximum absolute atomic E-state index is 5.39. The smallest absolute Gasteiger partial charge is 0.172 e. The number of benzene rings is 1. The molecule has 0 radical (unpaired) electrons. The molecule has 3 heteroatoms. The molecule has 0 saturated heterocycles. The first-order valence-electron chi connectivity index (χ1n) is 7.11. The molecule has 1 aromatic carbocycles. The summed E-state index contributed by atoms with van der Waals surface area (Å²) in [5.74, 6) is 0. The lowest BCUT2D eigenvalue weighted by Gasteiger charge is -2.26. The van der Waals surface area contributed by atoms with Crippen molar-refractivity contribution in [1.29, 1.82) is 0 Å². The third-order valence-electron chi connectivity index (χ3n) is 3.34. The van der Waals surface area contributed by atoms with E-state index in [0.29, 0.717) is 0 Å². The Morgan fingerprint density at radius 1 is 1.00 bits per heavy atom. The van der Waals surface area contributed by atoms with Gasteiger partial charge in [-0.2, -0.15) is 0 Å². The van der Waals surface area contributed by atoms with E-state index in [9.17, 15) is 0 Å². The fraction of sp³-hybridized carbons (Fsp3) is 0.625. The monoisotopic (exact) mass is 265 g/mol.